The van der Waals surface area contributed by atoms with E-state index in [0.29, 0.717) is 17.1 Å². The van der Waals surface area contributed by atoms with Gasteiger partial charge in [-0.15, -0.1) is 0 Å². The number of Topliss-reactive ketones (excluding diaryl/α,β-unsaturated/α-hetero) is 1. The second kappa shape index (κ2) is 7.65. The van der Waals surface area contributed by atoms with Crippen molar-refractivity contribution < 1.29 is 27.4 Å². The molecule has 2 aromatic rings. The van der Waals surface area contributed by atoms with Gasteiger partial charge in [0.05, 0.1) is 37.0 Å². The summed E-state index contributed by atoms with van der Waals surface area (Å²) in [7, 11) is 2.91. The van der Waals surface area contributed by atoms with Gasteiger partial charge in [-0.05, 0) is 36.4 Å². The average Bonchev–Trinajstić information content (AvgIpc) is 2.59. The van der Waals surface area contributed by atoms with E-state index < -0.39 is 11.7 Å². The quantitative estimate of drug-likeness (QED) is 0.747. The zero-order valence-corrected chi connectivity index (χ0v) is 14.2. The van der Waals surface area contributed by atoms with Crippen LogP contribution in [0.3, 0.4) is 0 Å². The van der Waals surface area contributed by atoms with E-state index in [-0.39, 0.29) is 23.0 Å². The van der Waals surface area contributed by atoms with Gasteiger partial charge in [-0.2, -0.15) is 13.2 Å². The first-order chi connectivity index (χ1) is 11.8. The van der Waals surface area contributed by atoms with Gasteiger partial charge < -0.3 is 14.8 Å². The lowest BCUT2D eigenvalue weighted by atomic mass is 10.1. The van der Waals surface area contributed by atoms with Crippen LogP contribution in [0.1, 0.15) is 15.9 Å². The highest BCUT2D eigenvalue weighted by atomic mass is 35.5. The number of benzene rings is 2. The molecule has 0 atom stereocenters. The summed E-state index contributed by atoms with van der Waals surface area (Å²) in [5, 5.41) is 2.73. The van der Waals surface area contributed by atoms with Crippen molar-refractivity contribution in [2.24, 2.45) is 0 Å². The van der Waals surface area contributed by atoms with E-state index in [0.717, 1.165) is 18.2 Å². The Bertz CT molecular complexity index is 778. The Labute approximate surface area is 147 Å². The van der Waals surface area contributed by atoms with Crippen LogP contribution in [0.4, 0.5) is 18.9 Å². The topological polar surface area (TPSA) is 47.6 Å². The lowest BCUT2D eigenvalue weighted by Crippen LogP contribution is -2.15. The molecule has 0 amide bonds. The predicted molar refractivity (Wildman–Crippen MR) is 88.8 cm³/mol. The fraction of sp³-hybridized carbons (Fsp3) is 0.235. The molecule has 2 rings (SSSR count). The predicted octanol–water partition coefficient (Wildman–Crippen LogP) is 4.67. The van der Waals surface area contributed by atoms with Crippen molar-refractivity contribution in [2.75, 3.05) is 26.1 Å². The Morgan fingerprint density at radius 1 is 1.08 bits per heavy atom. The number of methoxy groups -OCH3 is 2. The highest BCUT2D eigenvalue weighted by Crippen LogP contribution is 2.34. The second-order valence-electron chi connectivity index (χ2n) is 5.04. The maximum atomic E-state index is 12.8. The van der Waals surface area contributed by atoms with Crippen molar-refractivity contribution in [3.05, 3.63) is 52.5 Å². The van der Waals surface area contributed by atoms with Crippen molar-refractivity contribution in [1.29, 1.82) is 0 Å². The largest absolute Gasteiger partial charge is 0.493 e. The van der Waals surface area contributed by atoms with Crippen molar-refractivity contribution in [1.82, 2.24) is 0 Å². The van der Waals surface area contributed by atoms with Gasteiger partial charge in [0.15, 0.2) is 17.3 Å². The number of anilines is 1. The minimum atomic E-state index is -4.49. The highest BCUT2D eigenvalue weighted by Gasteiger charge is 2.31. The molecule has 0 fully saturated rings. The monoisotopic (exact) mass is 373 g/mol. The molecule has 0 heterocycles. The first-order valence-corrected chi connectivity index (χ1v) is 7.50. The van der Waals surface area contributed by atoms with Gasteiger partial charge >= 0.3 is 6.18 Å². The minimum absolute atomic E-state index is 0.0327. The second-order valence-corrected chi connectivity index (χ2v) is 5.45. The number of carbonyl (C=O) groups excluding carboxylic acids is 1. The lowest BCUT2D eigenvalue weighted by Gasteiger charge is -2.13. The fourth-order valence-corrected chi connectivity index (χ4v) is 2.31. The van der Waals surface area contributed by atoms with Gasteiger partial charge in [-0.25, -0.2) is 0 Å². The Balaban J connectivity index is 2.15. The average molecular weight is 374 g/mol. The van der Waals surface area contributed by atoms with Gasteiger partial charge in [0.1, 0.15) is 0 Å². The molecular formula is C17H15ClF3NO3. The summed E-state index contributed by atoms with van der Waals surface area (Å²) in [6, 6.07) is 7.49. The molecule has 0 spiro atoms. The molecule has 1 N–H and O–H groups in total. The molecular weight excluding hydrogens is 359 g/mol. The summed E-state index contributed by atoms with van der Waals surface area (Å²) in [5.41, 5.74) is -0.489. The first kappa shape index (κ1) is 18.9. The van der Waals surface area contributed by atoms with Crippen LogP contribution in [0.5, 0.6) is 11.5 Å². The molecule has 8 heteroatoms. The Morgan fingerprint density at radius 2 is 1.76 bits per heavy atom. The number of ether oxygens (including phenoxy) is 2. The van der Waals surface area contributed by atoms with E-state index in [2.05, 4.69) is 5.32 Å². The highest BCUT2D eigenvalue weighted by molar-refractivity contribution is 6.33. The van der Waals surface area contributed by atoms with Gasteiger partial charge in [0.2, 0.25) is 0 Å². The maximum Gasteiger partial charge on any atom is 0.416 e. The van der Waals surface area contributed by atoms with E-state index in [1.807, 2.05) is 0 Å². The van der Waals surface area contributed by atoms with Crippen LogP contribution in [0.2, 0.25) is 5.02 Å². The smallest absolute Gasteiger partial charge is 0.416 e. The van der Waals surface area contributed by atoms with E-state index >= 15 is 0 Å². The minimum Gasteiger partial charge on any atom is -0.493 e. The van der Waals surface area contributed by atoms with Crippen LogP contribution in [-0.2, 0) is 6.18 Å². The number of rotatable bonds is 6. The van der Waals surface area contributed by atoms with Crippen molar-refractivity contribution >= 4 is 23.1 Å². The molecule has 0 radical (unpaired) electrons. The molecule has 0 aromatic heterocycles. The summed E-state index contributed by atoms with van der Waals surface area (Å²) in [5.74, 6) is 0.507. The van der Waals surface area contributed by atoms with Gasteiger partial charge in [0, 0.05) is 5.56 Å². The molecule has 25 heavy (non-hydrogen) atoms. The Hall–Kier alpha value is -2.41. The molecule has 0 unspecified atom stereocenters. The van der Waals surface area contributed by atoms with Gasteiger partial charge in [-0.3, -0.25) is 4.79 Å². The van der Waals surface area contributed by atoms with Crippen LogP contribution >= 0.6 is 11.6 Å². The number of alkyl halides is 3. The van der Waals surface area contributed by atoms with Crippen molar-refractivity contribution in [3.63, 3.8) is 0 Å². The number of hydrogen-bond acceptors (Lipinski definition) is 4. The first-order valence-electron chi connectivity index (χ1n) is 7.12. The summed E-state index contributed by atoms with van der Waals surface area (Å²) < 4.78 is 48.5. The molecule has 2 aromatic carbocycles. The van der Waals surface area contributed by atoms with Gasteiger partial charge in [-0.1, -0.05) is 11.6 Å². The standard InChI is InChI=1S/C17H15ClF3NO3/c1-24-15-6-3-10(7-16(15)25-2)14(23)9-22-13-8-11(17(19,20)21)4-5-12(13)18/h3-8,22H,9H2,1-2H3. The summed E-state index contributed by atoms with van der Waals surface area (Å²) in [6.07, 6.45) is -4.49. The summed E-state index contributed by atoms with van der Waals surface area (Å²) in [6.45, 7) is -0.226. The summed E-state index contributed by atoms with van der Waals surface area (Å²) >= 11 is 5.89. The fourth-order valence-electron chi connectivity index (χ4n) is 2.12. The van der Waals surface area contributed by atoms with Gasteiger partial charge in [0.25, 0.3) is 0 Å². The van der Waals surface area contributed by atoms with Crippen LogP contribution in [0, 0.1) is 0 Å². The molecule has 0 aliphatic carbocycles. The third-order valence-corrected chi connectivity index (χ3v) is 3.77. The molecule has 0 aliphatic rings. The van der Waals surface area contributed by atoms with Crippen LogP contribution in [0.25, 0.3) is 0 Å². The van der Waals surface area contributed by atoms with Crippen molar-refractivity contribution in [3.8, 4) is 11.5 Å². The maximum absolute atomic E-state index is 12.8. The number of halogens is 4. The third-order valence-electron chi connectivity index (χ3n) is 3.44. The van der Waals surface area contributed by atoms with E-state index in [9.17, 15) is 18.0 Å². The molecule has 4 nitrogen and oxygen atoms in total. The number of carbonyl (C=O) groups is 1. The van der Waals surface area contributed by atoms with Crippen molar-refractivity contribution in [2.45, 2.75) is 6.18 Å². The zero-order chi connectivity index (χ0) is 18.6. The Morgan fingerprint density at radius 3 is 2.36 bits per heavy atom. The number of nitrogens with one attached hydrogen (secondary N) is 1. The van der Waals surface area contributed by atoms with E-state index in [4.69, 9.17) is 21.1 Å². The molecule has 0 saturated carbocycles. The van der Waals surface area contributed by atoms with E-state index in [1.165, 1.54) is 20.3 Å². The third kappa shape index (κ3) is 4.57. The molecule has 134 valence electrons. The number of ketones is 1. The van der Waals surface area contributed by atoms with Crippen LogP contribution < -0.4 is 14.8 Å². The lowest BCUT2D eigenvalue weighted by molar-refractivity contribution is -0.137. The Kier molecular flexibility index (Phi) is 5.79. The molecule has 0 aliphatic heterocycles. The van der Waals surface area contributed by atoms with E-state index in [1.54, 1.807) is 12.1 Å². The molecule has 0 bridgehead atoms. The van der Waals surface area contributed by atoms with Crippen LogP contribution in [0.15, 0.2) is 36.4 Å². The van der Waals surface area contributed by atoms with Crippen LogP contribution in [-0.4, -0.2) is 26.5 Å². The normalized spacial score (nSPS) is 11.1. The zero-order valence-electron chi connectivity index (χ0n) is 13.4. The number of hydrogen-bond donors (Lipinski definition) is 1. The summed E-state index contributed by atoms with van der Waals surface area (Å²) in [4.78, 5) is 12.3. The molecule has 0 saturated heterocycles. The SMILES string of the molecule is COc1ccc(C(=O)CNc2cc(C(F)(F)F)ccc2Cl)cc1OC.